The third kappa shape index (κ3) is 5.04. The highest BCUT2D eigenvalue weighted by atomic mass is 32.2. The van der Waals surface area contributed by atoms with Gasteiger partial charge in [-0.25, -0.2) is 13.4 Å². The van der Waals surface area contributed by atoms with Gasteiger partial charge in [0.15, 0.2) is 0 Å². The Balaban J connectivity index is 1.30. The van der Waals surface area contributed by atoms with Crippen LogP contribution in [0.1, 0.15) is 18.4 Å². The van der Waals surface area contributed by atoms with Crippen LogP contribution < -0.4 is 10.2 Å². The van der Waals surface area contributed by atoms with Crippen molar-refractivity contribution in [1.29, 1.82) is 5.26 Å². The molecular formula is C26H27N5O4S. The minimum atomic E-state index is -3.58. The van der Waals surface area contributed by atoms with E-state index in [-0.39, 0.29) is 16.7 Å². The summed E-state index contributed by atoms with van der Waals surface area (Å²) >= 11 is 0. The number of hydrogen-bond acceptors (Lipinski definition) is 7. The highest BCUT2D eigenvalue weighted by Crippen LogP contribution is 2.27. The third-order valence-corrected chi connectivity index (χ3v) is 8.52. The zero-order valence-corrected chi connectivity index (χ0v) is 20.6. The Kier molecular flexibility index (Phi) is 6.87. The summed E-state index contributed by atoms with van der Waals surface area (Å²) < 4.78 is 32.7. The molecule has 2 saturated heterocycles. The Morgan fingerprint density at radius 2 is 1.92 bits per heavy atom. The predicted octanol–water partition coefficient (Wildman–Crippen LogP) is 2.98. The fourth-order valence-corrected chi connectivity index (χ4v) is 6.12. The van der Waals surface area contributed by atoms with Crippen molar-refractivity contribution in [1.82, 2.24) is 9.29 Å². The van der Waals surface area contributed by atoms with Crippen molar-refractivity contribution in [3.63, 3.8) is 0 Å². The van der Waals surface area contributed by atoms with Crippen molar-refractivity contribution in [2.45, 2.75) is 17.7 Å². The molecule has 1 amide bonds. The topological polar surface area (TPSA) is 116 Å². The number of ether oxygens (including phenoxy) is 1. The van der Waals surface area contributed by atoms with Gasteiger partial charge < -0.3 is 15.0 Å². The molecule has 2 aromatic carbocycles. The smallest absolute Gasteiger partial charge is 0.243 e. The van der Waals surface area contributed by atoms with Gasteiger partial charge in [-0.1, -0.05) is 6.07 Å². The van der Waals surface area contributed by atoms with Gasteiger partial charge >= 0.3 is 0 Å². The first-order valence-electron chi connectivity index (χ1n) is 12.0. The molecule has 1 atom stereocenters. The minimum Gasteiger partial charge on any atom is -0.379 e. The van der Waals surface area contributed by atoms with Crippen LogP contribution in [0.4, 0.5) is 11.5 Å². The van der Waals surface area contributed by atoms with Gasteiger partial charge in [0.1, 0.15) is 5.82 Å². The molecule has 3 aromatic rings. The van der Waals surface area contributed by atoms with E-state index in [1.165, 1.54) is 4.31 Å². The van der Waals surface area contributed by atoms with E-state index in [0.717, 1.165) is 30.6 Å². The predicted molar refractivity (Wildman–Crippen MR) is 136 cm³/mol. The number of carbonyl (C=O) groups excluding carboxylic acids is 1. The van der Waals surface area contributed by atoms with E-state index in [1.807, 2.05) is 12.1 Å². The van der Waals surface area contributed by atoms with Gasteiger partial charge in [0.05, 0.1) is 41.2 Å². The highest BCUT2D eigenvalue weighted by Gasteiger charge is 2.28. The molecular weight excluding hydrogens is 478 g/mol. The maximum absolute atomic E-state index is 13.0. The molecule has 1 N–H and O–H groups in total. The van der Waals surface area contributed by atoms with Crippen LogP contribution in [0.3, 0.4) is 0 Å². The number of nitriles is 1. The van der Waals surface area contributed by atoms with Crippen LogP contribution in [-0.4, -0.2) is 63.0 Å². The maximum Gasteiger partial charge on any atom is 0.243 e. The van der Waals surface area contributed by atoms with Crippen LogP contribution in [0, 0.1) is 17.2 Å². The monoisotopic (exact) mass is 505 g/mol. The number of carbonyl (C=O) groups is 1. The molecule has 36 heavy (non-hydrogen) atoms. The van der Waals surface area contributed by atoms with E-state index in [9.17, 15) is 13.2 Å². The summed E-state index contributed by atoms with van der Waals surface area (Å²) in [6, 6.07) is 17.7. The number of rotatable bonds is 5. The van der Waals surface area contributed by atoms with Crippen LogP contribution in [-0.2, 0) is 19.6 Å². The summed E-state index contributed by atoms with van der Waals surface area (Å²) in [4.78, 5) is 20.0. The SMILES string of the molecule is N#Cc1cccc(NC(=O)[C@@H]2CCCN(c3ccc4cc(S(=O)(=O)N5CCOCC5)ccc4n3)C2)c1. The van der Waals surface area contributed by atoms with E-state index < -0.39 is 10.0 Å². The van der Waals surface area contributed by atoms with E-state index >= 15 is 0 Å². The number of hydrogen-bond donors (Lipinski definition) is 1. The Labute approximate surface area is 210 Å². The average molecular weight is 506 g/mol. The molecule has 1 aromatic heterocycles. The number of fused-ring (bicyclic) bond motifs is 1. The molecule has 3 heterocycles. The van der Waals surface area contributed by atoms with Crippen molar-refractivity contribution in [2.75, 3.05) is 49.6 Å². The number of nitrogens with zero attached hydrogens (tertiary/aromatic N) is 4. The standard InChI is InChI=1S/C26H27N5O4S/c27-17-19-3-1-5-22(15-19)28-26(32)21-4-2-10-30(18-21)25-9-6-20-16-23(7-8-24(20)29-25)36(33,34)31-11-13-35-14-12-31/h1,3,5-9,15-16,21H,2,4,10-14,18H2,(H,28,32)/t21-/m1/s1. The van der Waals surface area contributed by atoms with E-state index in [2.05, 4.69) is 16.3 Å². The quantitative estimate of drug-likeness (QED) is 0.567. The van der Waals surface area contributed by atoms with E-state index in [4.69, 9.17) is 15.0 Å². The molecule has 186 valence electrons. The summed E-state index contributed by atoms with van der Waals surface area (Å²) in [7, 11) is -3.58. The third-order valence-electron chi connectivity index (χ3n) is 6.63. The lowest BCUT2D eigenvalue weighted by molar-refractivity contribution is -0.120. The van der Waals surface area contributed by atoms with Crippen LogP contribution >= 0.6 is 0 Å². The summed E-state index contributed by atoms with van der Waals surface area (Å²) in [5, 5.41) is 12.8. The summed E-state index contributed by atoms with van der Waals surface area (Å²) in [6.45, 7) is 2.83. The van der Waals surface area contributed by atoms with E-state index in [0.29, 0.717) is 49.6 Å². The molecule has 5 rings (SSSR count). The first kappa shape index (κ1) is 24.2. The van der Waals surface area contributed by atoms with Crippen LogP contribution in [0.5, 0.6) is 0 Å². The number of nitrogens with one attached hydrogen (secondary N) is 1. The molecule has 0 spiro atoms. The molecule has 0 bridgehead atoms. The fraction of sp³-hybridized carbons (Fsp3) is 0.346. The molecule has 2 fully saturated rings. The summed E-state index contributed by atoms with van der Waals surface area (Å²) in [6.07, 6.45) is 1.63. The number of piperidine rings is 1. The number of benzene rings is 2. The number of morpholine rings is 1. The lowest BCUT2D eigenvalue weighted by Gasteiger charge is -2.33. The molecule has 0 saturated carbocycles. The Morgan fingerprint density at radius 1 is 1.08 bits per heavy atom. The van der Waals surface area contributed by atoms with Crippen molar-refractivity contribution in [2.24, 2.45) is 5.92 Å². The van der Waals surface area contributed by atoms with Crippen molar-refractivity contribution < 1.29 is 17.9 Å². The number of aromatic nitrogens is 1. The largest absolute Gasteiger partial charge is 0.379 e. The van der Waals surface area contributed by atoms with Gasteiger partial charge in [0.25, 0.3) is 0 Å². The number of amides is 1. The fourth-order valence-electron chi connectivity index (χ4n) is 4.68. The number of pyridine rings is 1. The van der Waals surface area contributed by atoms with Crippen molar-refractivity contribution in [3.8, 4) is 6.07 Å². The molecule has 0 unspecified atom stereocenters. The number of sulfonamides is 1. The molecule has 0 aliphatic carbocycles. The van der Waals surface area contributed by atoms with Crippen LogP contribution in [0.25, 0.3) is 10.9 Å². The van der Waals surface area contributed by atoms with Crippen molar-refractivity contribution in [3.05, 3.63) is 60.2 Å². The van der Waals surface area contributed by atoms with Crippen LogP contribution in [0.2, 0.25) is 0 Å². The van der Waals surface area contributed by atoms with Gasteiger partial charge in [0.2, 0.25) is 15.9 Å². The summed E-state index contributed by atoms with van der Waals surface area (Å²) in [5.74, 6) is 0.479. The second-order valence-electron chi connectivity index (χ2n) is 9.01. The molecule has 2 aliphatic rings. The second kappa shape index (κ2) is 10.2. The normalized spacial score (nSPS) is 19.1. The number of anilines is 2. The van der Waals surface area contributed by atoms with Gasteiger partial charge in [0, 0.05) is 37.3 Å². The first-order chi connectivity index (χ1) is 17.4. The highest BCUT2D eigenvalue weighted by molar-refractivity contribution is 7.89. The van der Waals surface area contributed by atoms with Crippen molar-refractivity contribution >= 4 is 38.3 Å². The Bertz CT molecular complexity index is 1430. The molecule has 0 radical (unpaired) electrons. The zero-order chi connectivity index (χ0) is 25.1. The van der Waals surface area contributed by atoms with Gasteiger partial charge in [-0.05, 0) is 61.4 Å². The molecule has 2 aliphatic heterocycles. The lowest BCUT2D eigenvalue weighted by atomic mass is 9.97. The van der Waals surface area contributed by atoms with Gasteiger partial charge in [-0.3, -0.25) is 4.79 Å². The molecule has 10 heteroatoms. The Morgan fingerprint density at radius 3 is 2.72 bits per heavy atom. The molecule has 9 nitrogen and oxygen atoms in total. The summed E-state index contributed by atoms with van der Waals surface area (Å²) in [5.41, 5.74) is 1.82. The first-order valence-corrected chi connectivity index (χ1v) is 13.4. The maximum atomic E-state index is 13.0. The minimum absolute atomic E-state index is 0.0754. The van der Waals surface area contributed by atoms with Gasteiger partial charge in [-0.15, -0.1) is 0 Å². The van der Waals surface area contributed by atoms with Crippen LogP contribution in [0.15, 0.2) is 59.5 Å². The zero-order valence-electron chi connectivity index (χ0n) is 19.8. The lowest BCUT2D eigenvalue weighted by Crippen LogP contribution is -2.41. The Hall–Kier alpha value is -3.52. The average Bonchev–Trinajstić information content (AvgIpc) is 2.93. The van der Waals surface area contributed by atoms with Gasteiger partial charge in [-0.2, -0.15) is 9.57 Å². The second-order valence-corrected chi connectivity index (χ2v) is 10.9. The van der Waals surface area contributed by atoms with E-state index in [1.54, 1.807) is 42.5 Å².